The Labute approximate surface area is 315 Å². The van der Waals surface area contributed by atoms with Gasteiger partial charge < -0.3 is 0 Å². The summed E-state index contributed by atoms with van der Waals surface area (Å²) in [5.74, 6) is 0. The minimum absolute atomic E-state index is 0.0263. The van der Waals surface area contributed by atoms with Crippen molar-refractivity contribution in [2.75, 3.05) is 0 Å². The average Bonchev–Trinajstić information content (AvgIpc) is 3.61. The van der Waals surface area contributed by atoms with E-state index >= 15 is 0 Å². The Morgan fingerprint density at radius 3 is 1.35 bits per heavy atom. The number of halogens is 12. The van der Waals surface area contributed by atoms with Crippen LogP contribution in [0.25, 0.3) is 0 Å². The van der Waals surface area contributed by atoms with Crippen LogP contribution in [-0.2, 0) is 24.7 Å². The SMILES string of the molecule is CC(C1=CC=C/C1=C1/C=CC=CC1P(C1CCCCC1)C1CCCCC1)P(c1cc(C(F)(F)F)cc(C(F)(F)F)c1)c1cc(C(F)(F)F)cc(C(F)(F)F)c1. The lowest BCUT2D eigenvalue weighted by molar-refractivity contribution is -0.144. The summed E-state index contributed by atoms with van der Waals surface area (Å²) >= 11 is 0. The number of alkyl halides is 12. The molecule has 2 atom stereocenters. The van der Waals surface area contributed by atoms with Crippen LogP contribution in [0.5, 0.6) is 0 Å². The lowest BCUT2D eigenvalue weighted by Crippen LogP contribution is -2.29. The highest BCUT2D eigenvalue weighted by Gasteiger charge is 2.43. The molecule has 0 N–H and O–H groups in total. The second kappa shape index (κ2) is 16.2. The molecule has 55 heavy (non-hydrogen) atoms. The molecule has 0 nitrogen and oxygen atoms in total. The molecule has 0 amide bonds. The molecule has 2 aromatic rings. The molecular weight excluding hydrogens is 782 g/mol. The topological polar surface area (TPSA) is 0 Å². The zero-order valence-corrected chi connectivity index (χ0v) is 31.6. The molecule has 14 heteroatoms. The largest absolute Gasteiger partial charge is 0.416 e. The molecule has 0 saturated heterocycles. The summed E-state index contributed by atoms with van der Waals surface area (Å²) in [6.45, 7) is 1.47. The molecule has 2 aromatic carbocycles. The van der Waals surface area contributed by atoms with Gasteiger partial charge in [0.1, 0.15) is 0 Å². The maximum Gasteiger partial charge on any atom is 0.416 e. The van der Waals surface area contributed by atoms with Gasteiger partial charge in [-0.2, -0.15) is 52.7 Å². The molecular formula is C41H40F12P2. The third kappa shape index (κ3) is 9.49. The third-order valence-electron chi connectivity index (χ3n) is 11.0. The minimum Gasteiger partial charge on any atom is -0.166 e. The Hall–Kier alpha value is -2.84. The highest BCUT2D eigenvalue weighted by atomic mass is 31.1. The number of hydrogen-bond acceptors (Lipinski definition) is 0. The molecule has 2 fully saturated rings. The molecule has 0 spiro atoms. The van der Waals surface area contributed by atoms with Gasteiger partial charge in [-0.15, -0.1) is 0 Å². The average molecular weight is 823 g/mol. The van der Waals surface area contributed by atoms with Crippen LogP contribution in [-0.4, -0.2) is 22.6 Å². The van der Waals surface area contributed by atoms with E-state index in [9.17, 15) is 52.7 Å². The first-order chi connectivity index (χ1) is 25.7. The van der Waals surface area contributed by atoms with Crippen LogP contribution >= 0.6 is 15.8 Å². The van der Waals surface area contributed by atoms with Crippen LogP contribution in [0.15, 0.2) is 95.6 Å². The Kier molecular flexibility index (Phi) is 12.3. The third-order valence-corrected chi connectivity index (χ3v) is 17.5. The molecule has 0 heterocycles. The Balaban J connectivity index is 1.55. The summed E-state index contributed by atoms with van der Waals surface area (Å²) in [6, 6.07) is 1.52. The highest BCUT2D eigenvalue weighted by molar-refractivity contribution is 7.73. The highest BCUT2D eigenvalue weighted by Crippen LogP contribution is 2.62. The molecule has 6 rings (SSSR count). The molecule has 0 aliphatic heterocycles. The van der Waals surface area contributed by atoms with Crippen molar-refractivity contribution in [3.63, 3.8) is 0 Å². The predicted molar refractivity (Wildman–Crippen MR) is 196 cm³/mol. The first-order valence-corrected chi connectivity index (χ1v) is 21.3. The standard InChI is InChI=1S/C41H40F12P2/c1-25(34-16-10-17-35(34)36-15-8-9-18-37(36)55(30-11-4-2-5-12-30)31-13-6-3-7-14-31)54(32-21-26(38(42,43)44)19-27(22-32)39(45,46)47)33-23-28(40(48,49)50)20-29(24-33)41(51,52)53/h8-10,15-25,30-31,37H,2-7,11-14H2,1H3/b36-35+. The van der Waals surface area contributed by atoms with Crippen molar-refractivity contribution in [3.8, 4) is 0 Å². The Morgan fingerprint density at radius 1 is 0.527 bits per heavy atom. The smallest absolute Gasteiger partial charge is 0.166 e. The van der Waals surface area contributed by atoms with Gasteiger partial charge in [0.25, 0.3) is 0 Å². The maximum atomic E-state index is 14.2. The summed E-state index contributed by atoms with van der Waals surface area (Å²) in [5, 5.41) is -1.28. The fraction of sp³-hybridized carbons (Fsp3) is 0.463. The van der Waals surface area contributed by atoms with Crippen LogP contribution in [0.3, 0.4) is 0 Å². The fourth-order valence-electron chi connectivity index (χ4n) is 8.50. The van der Waals surface area contributed by atoms with E-state index in [1.165, 1.54) is 6.92 Å². The predicted octanol–water partition coefficient (Wildman–Crippen LogP) is 14.0. The summed E-state index contributed by atoms with van der Waals surface area (Å²) in [6.07, 6.45) is 3.03. The van der Waals surface area contributed by atoms with Crippen LogP contribution < -0.4 is 10.6 Å². The van der Waals surface area contributed by atoms with Gasteiger partial charge in [-0.1, -0.05) is 95.9 Å². The summed E-state index contributed by atoms with van der Waals surface area (Å²) in [7, 11) is -3.39. The van der Waals surface area contributed by atoms with Crippen LogP contribution in [0, 0.1) is 0 Å². The van der Waals surface area contributed by atoms with Crippen molar-refractivity contribution in [1.82, 2.24) is 0 Å². The van der Waals surface area contributed by atoms with Crippen molar-refractivity contribution < 1.29 is 52.7 Å². The molecule has 2 unspecified atom stereocenters. The van der Waals surface area contributed by atoms with Crippen LogP contribution in [0.1, 0.15) is 93.4 Å². The Morgan fingerprint density at radius 2 is 0.945 bits per heavy atom. The summed E-state index contributed by atoms with van der Waals surface area (Å²) in [4.78, 5) is 0. The molecule has 298 valence electrons. The normalized spacial score (nSPS) is 22.6. The molecule has 0 aromatic heterocycles. The van der Waals surface area contributed by atoms with E-state index < -0.39 is 79.1 Å². The van der Waals surface area contributed by atoms with Crippen molar-refractivity contribution in [2.24, 2.45) is 0 Å². The van der Waals surface area contributed by atoms with E-state index in [0.717, 1.165) is 69.8 Å². The van der Waals surface area contributed by atoms with E-state index in [2.05, 4.69) is 6.08 Å². The van der Waals surface area contributed by atoms with E-state index in [1.54, 1.807) is 18.2 Å². The van der Waals surface area contributed by atoms with E-state index in [0.29, 0.717) is 46.7 Å². The molecule has 2 saturated carbocycles. The first-order valence-electron chi connectivity index (χ1n) is 18.4. The first kappa shape index (κ1) is 41.8. The van der Waals surface area contributed by atoms with Gasteiger partial charge >= 0.3 is 24.7 Å². The maximum absolute atomic E-state index is 14.2. The lowest BCUT2D eigenvalue weighted by atomic mass is 9.95. The van der Waals surface area contributed by atoms with Gasteiger partial charge in [-0.05, 0) is 109 Å². The monoisotopic (exact) mass is 822 g/mol. The van der Waals surface area contributed by atoms with E-state index in [4.69, 9.17) is 0 Å². The van der Waals surface area contributed by atoms with Crippen molar-refractivity contribution in [2.45, 2.75) is 118 Å². The minimum atomic E-state index is -5.30. The van der Waals surface area contributed by atoms with E-state index in [-0.39, 0.29) is 17.8 Å². The Bertz CT molecular complexity index is 1700. The number of allylic oxidation sites excluding steroid dienone is 10. The second-order valence-electron chi connectivity index (χ2n) is 14.6. The summed E-state index contributed by atoms with van der Waals surface area (Å²) < 4.78 is 170. The number of benzene rings is 2. The van der Waals surface area contributed by atoms with Crippen LogP contribution in [0.4, 0.5) is 52.7 Å². The zero-order valence-electron chi connectivity index (χ0n) is 29.8. The second-order valence-corrected chi connectivity index (χ2v) is 20.1. The van der Waals surface area contributed by atoms with Gasteiger partial charge in [-0.3, -0.25) is 0 Å². The fourth-order valence-corrected chi connectivity index (χ4v) is 15.6. The van der Waals surface area contributed by atoms with Gasteiger partial charge in [0.2, 0.25) is 0 Å². The van der Waals surface area contributed by atoms with Gasteiger partial charge in [-0.25, -0.2) is 0 Å². The molecule has 0 radical (unpaired) electrons. The number of rotatable bonds is 7. The van der Waals surface area contributed by atoms with Crippen molar-refractivity contribution in [3.05, 3.63) is 118 Å². The van der Waals surface area contributed by atoms with Crippen LogP contribution in [0.2, 0.25) is 0 Å². The van der Waals surface area contributed by atoms with Gasteiger partial charge in [0.15, 0.2) is 0 Å². The van der Waals surface area contributed by atoms with Crippen molar-refractivity contribution in [1.29, 1.82) is 0 Å². The lowest BCUT2D eigenvalue weighted by Gasteiger charge is -2.43. The van der Waals surface area contributed by atoms with Gasteiger partial charge in [0, 0.05) is 11.3 Å². The van der Waals surface area contributed by atoms with Crippen molar-refractivity contribution >= 4 is 26.5 Å². The van der Waals surface area contributed by atoms with E-state index in [1.807, 2.05) is 18.2 Å². The summed E-state index contributed by atoms with van der Waals surface area (Å²) in [5.41, 5.74) is -4.98. The van der Waals surface area contributed by atoms with Gasteiger partial charge in [0.05, 0.1) is 22.3 Å². The zero-order chi connectivity index (χ0) is 39.9. The molecule has 0 bridgehead atoms. The molecule has 4 aliphatic rings. The number of hydrogen-bond donors (Lipinski definition) is 0. The quantitative estimate of drug-likeness (QED) is 0.193. The molecule has 4 aliphatic carbocycles.